The number of aliphatic hydroxyl groups excluding tert-OH is 1. The first-order valence-electron chi connectivity index (χ1n) is 14.0. The molecule has 14 heteroatoms. The van der Waals surface area contributed by atoms with Crippen LogP contribution in [0.2, 0.25) is 0 Å². The first-order chi connectivity index (χ1) is 19.0. The number of fused-ring (bicyclic) bond motifs is 1. The lowest BCUT2D eigenvalue weighted by molar-refractivity contribution is -0.163. The molecule has 0 radical (unpaired) electrons. The van der Waals surface area contributed by atoms with E-state index >= 15 is 0 Å². The van der Waals surface area contributed by atoms with Gasteiger partial charge in [-0.15, -0.1) is 11.8 Å². The van der Waals surface area contributed by atoms with Crippen LogP contribution in [0.25, 0.3) is 0 Å². The van der Waals surface area contributed by atoms with E-state index in [1.165, 1.54) is 21.6 Å². The number of amides is 4. The van der Waals surface area contributed by atoms with Gasteiger partial charge in [-0.1, -0.05) is 6.92 Å². The van der Waals surface area contributed by atoms with E-state index < -0.39 is 18.0 Å². The van der Waals surface area contributed by atoms with Crippen LogP contribution in [0.3, 0.4) is 0 Å². The van der Waals surface area contributed by atoms with Crippen LogP contribution in [0.15, 0.2) is 10.6 Å². The summed E-state index contributed by atoms with van der Waals surface area (Å²) >= 11 is 3.20. The highest BCUT2D eigenvalue weighted by Gasteiger charge is 2.60. The maximum atomic E-state index is 12.7. The molecule has 6 atom stereocenters. The number of carbonyl (C=O) groups is 4. The summed E-state index contributed by atoms with van der Waals surface area (Å²) in [6.07, 6.45) is 0.321. The first-order valence-corrected chi connectivity index (χ1v) is 16.0. The van der Waals surface area contributed by atoms with Crippen LogP contribution in [-0.4, -0.2) is 141 Å². The molecule has 0 bridgehead atoms. The van der Waals surface area contributed by atoms with Gasteiger partial charge in [0.15, 0.2) is 0 Å². The van der Waals surface area contributed by atoms with Gasteiger partial charge in [-0.05, 0) is 13.3 Å². The summed E-state index contributed by atoms with van der Waals surface area (Å²) in [6.45, 7) is 8.37. The molecule has 0 saturated carbocycles. The number of aliphatic carboxylic acids is 1. The van der Waals surface area contributed by atoms with Crippen molar-refractivity contribution in [3.05, 3.63) is 10.6 Å². The first kappa shape index (κ1) is 31.1. The van der Waals surface area contributed by atoms with Crippen molar-refractivity contribution in [2.75, 3.05) is 64.4 Å². The van der Waals surface area contributed by atoms with Gasteiger partial charge in [0.1, 0.15) is 5.70 Å². The molecule has 4 aliphatic heterocycles. The highest BCUT2D eigenvalue weighted by Crippen LogP contribution is 2.51. The largest absolute Gasteiger partial charge is 0.477 e. The van der Waals surface area contributed by atoms with Crippen molar-refractivity contribution in [1.29, 1.82) is 0 Å². The van der Waals surface area contributed by atoms with Crippen molar-refractivity contribution in [3.8, 4) is 0 Å². The minimum atomic E-state index is -1.10. The molecule has 0 aliphatic carbocycles. The standard InChI is InChI=1S/C26H42N6O6S2/c1-15-21-20(16(2)33)24(35)32(21)22(25(36)37)23(15)40-18-12-17(28-13-18)14-39-11-4-19(34)29(3)26(38)31-9-7-30(6-5-27)8-10-31/h15-18,20-21,28,33H,4-14,27H2,1-3H3,(H,36,37)/t15-,16-,17+,18+,20-,21-/m1/s1. The third-order valence-electron chi connectivity index (χ3n) is 8.31. The van der Waals surface area contributed by atoms with Crippen LogP contribution in [-0.2, 0) is 14.4 Å². The lowest BCUT2D eigenvalue weighted by Crippen LogP contribution is -2.63. The zero-order valence-electron chi connectivity index (χ0n) is 23.5. The van der Waals surface area contributed by atoms with Crippen molar-refractivity contribution >= 4 is 47.3 Å². The number of urea groups is 1. The molecule has 4 amide bonds. The van der Waals surface area contributed by atoms with Crippen molar-refractivity contribution in [2.45, 2.75) is 50.1 Å². The molecular weight excluding hydrogens is 556 g/mol. The van der Waals surface area contributed by atoms with Gasteiger partial charge in [0.2, 0.25) is 11.8 Å². The summed E-state index contributed by atoms with van der Waals surface area (Å²) < 4.78 is 0. The molecule has 0 unspecified atom stereocenters. The Morgan fingerprint density at radius 2 is 1.93 bits per heavy atom. The minimum absolute atomic E-state index is 0.0665. The molecule has 224 valence electrons. The van der Waals surface area contributed by atoms with E-state index in [2.05, 4.69) is 10.2 Å². The molecule has 0 aromatic carbocycles. The Bertz CT molecular complexity index is 1020. The molecule has 4 aliphatic rings. The summed E-state index contributed by atoms with van der Waals surface area (Å²) in [5.41, 5.74) is 5.67. The number of imide groups is 1. The number of nitrogens with zero attached hydrogens (tertiary/aromatic N) is 4. The predicted octanol–water partition coefficient (Wildman–Crippen LogP) is -0.118. The number of hydrogen-bond acceptors (Lipinski definition) is 10. The second-order valence-electron chi connectivity index (χ2n) is 11.0. The molecular formula is C26H42N6O6S2. The fraction of sp³-hybridized carbons (Fsp3) is 0.769. The molecule has 40 heavy (non-hydrogen) atoms. The summed E-state index contributed by atoms with van der Waals surface area (Å²) in [7, 11) is 1.55. The van der Waals surface area contributed by atoms with Gasteiger partial charge >= 0.3 is 12.0 Å². The molecule has 3 saturated heterocycles. The highest BCUT2D eigenvalue weighted by atomic mass is 32.2. The van der Waals surface area contributed by atoms with Crippen molar-refractivity contribution in [3.63, 3.8) is 0 Å². The summed E-state index contributed by atoms with van der Waals surface area (Å²) in [4.78, 5) is 57.2. The minimum Gasteiger partial charge on any atom is -0.477 e. The Morgan fingerprint density at radius 1 is 1.23 bits per heavy atom. The fourth-order valence-electron chi connectivity index (χ4n) is 6.07. The molecule has 0 aromatic heterocycles. The number of carboxylic acid groups (broad SMARTS) is 1. The molecule has 0 spiro atoms. The number of hydrogen-bond donors (Lipinski definition) is 4. The maximum Gasteiger partial charge on any atom is 0.353 e. The second kappa shape index (κ2) is 13.4. The Morgan fingerprint density at radius 3 is 2.55 bits per heavy atom. The Balaban J connectivity index is 1.18. The molecule has 4 heterocycles. The van der Waals surface area contributed by atoms with Crippen molar-refractivity contribution in [2.24, 2.45) is 17.6 Å². The van der Waals surface area contributed by atoms with Crippen LogP contribution >= 0.6 is 23.5 Å². The second-order valence-corrected chi connectivity index (χ2v) is 13.5. The molecule has 0 aromatic rings. The van der Waals surface area contributed by atoms with E-state index in [1.807, 2.05) is 6.92 Å². The summed E-state index contributed by atoms with van der Waals surface area (Å²) in [6, 6.07) is -0.316. The Hall–Kier alpha value is -1.84. The molecule has 4 rings (SSSR count). The van der Waals surface area contributed by atoms with Crippen molar-refractivity contribution < 1.29 is 29.4 Å². The lowest BCUT2D eigenvalue weighted by Gasteiger charge is -2.46. The van der Waals surface area contributed by atoms with E-state index in [9.17, 15) is 29.4 Å². The average molecular weight is 599 g/mol. The third-order valence-corrected chi connectivity index (χ3v) is 11.0. The van der Waals surface area contributed by atoms with Crippen LogP contribution in [0.4, 0.5) is 4.79 Å². The number of nitrogens with one attached hydrogen (secondary N) is 1. The van der Waals surface area contributed by atoms with E-state index in [1.54, 1.807) is 30.6 Å². The number of aliphatic hydroxyl groups is 1. The van der Waals surface area contributed by atoms with Gasteiger partial charge in [0.05, 0.1) is 18.1 Å². The molecule has 12 nitrogen and oxygen atoms in total. The van der Waals surface area contributed by atoms with Crippen LogP contribution in [0.5, 0.6) is 0 Å². The Kier molecular flexibility index (Phi) is 10.4. The number of nitrogens with two attached hydrogens (primary N) is 1. The van der Waals surface area contributed by atoms with Gasteiger partial charge in [0.25, 0.3) is 0 Å². The fourth-order valence-corrected chi connectivity index (χ4v) is 8.62. The van der Waals surface area contributed by atoms with E-state index in [-0.39, 0.29) is 53.2 Å². The number of carboxylic acids is 1. The van der Waals surface area contributed by atoms with E-state index in [4.69, 9.17) is 5.73 Å². The van der Waals surface area contributed by atoms with Gasteiger partial charge < -0.3 is 31.1 Å². The summed E-state index contributed by atoms with van der Waals surface area (Å²) in [5.74, 6) is -0.878. The zero-order valence-corrected chi connectivity index (χ0v) is 25.1. The topological polar surface area (TPSA) is 160 Å². The zero-order chi connectivity index (χ0) is 29.1. The van der Waals surface area contributed by atoms with Crippen LogP contribution in [0.1, 0.15) is 26.7 Å². The number of carbonyl (C=O) groups excluding carboxylic acids is 3. The van der Waals surface area contributed by atoms with Crippen molar-refractivity contribution in [1.82, 2.24) is 24.9 Å². The van der Waals surface area contributed by atoms with Gasteiger partial charge in [-0.3, -0.25) is 19.4 Å². The number of piperazine rings is 1. The maximum absolute atomic E-state index is 12.7. The summed E-state index contributed by atoms with van der Waals surface area (Å²) in [5, 5.41) is 23.6. The number of thioether (sulfide) groups is 2. The monoisotopic (exact) mass is 598 g/mol. The average Bonchev–Trinajstić information content (AvgIpc) is 3.46. The highest BCUT2D eigenvalue weighted by molar-refractivity contribution is 8.03. The van der Waals surface area contributed by atoms with E-state index in [0.29, 0.717) is 30.3 Å². The van der Waals surface area contributed by atoms with Crippen LogP contribution < -0.4 is 11.1 Å². The van der Waals surface area contributed by atoms with Gasteiger partial charge in [-0.25, -0.2) is 9.59 Å². The van der Waals surface area contributed by atoms with Gasteiger partial charge in [-0.2, -0.15) is 11.8 Å². The lowest BCUT2D eigenvalue weighted by atomic mass is 9.79. The van der Waals surface area contributed by atoms with E-state index in [0.717, 1.165) is 38.4 Å². The number of rotatable bonds is 11. The normalized spacial score (nSPS) is 29.4. The SMILES string of the molecule is C[C@@H](O)[C@H]1C(=O)N2C(C(=O)O)=C(S[C@@H]3CN[C@H](CSCCC(=O)N(C)C(=O)N4CCN(CCN)CC4)C3)[C@H](C)[C@H]12. The predicted molar refractivity (Wildman–Crippen MR) is 155 cm³/mol. The quantitative estimate of drug-likeness (QED) is 0.186. The smallest absolute Gasteiger partial charge is 0.353 e. The molecule has 5 N–H and O–H groups in total. The van der Waals surface area contributed by atoms with Crippen LogP contribution in [0, 0.1) is 11.8 Å². The third kappa shape index (κ3) is 6.46. The molecule has 3 fully saturated rings. The number of β-lactam (4-membered cyclic amide) rings is 1. The van der Waals surface area contributed by atoms with Gasteiger partial charge in [0, 0.05) is 92.9 Å². The Labute approximate surface area is 244 Å².